The first-order chi connectivity index (χ1) is 9.38. The van der Waals surface area contributed by atoms with Crippen molar-refractivity contribution in [2.24, 2.45) is 0 Å². The Morgan fingerprint density at radius 2 is 1.58 bits per heavy atom. The van der Waals surface area contributed by atoms with Crippen LogP contribution >= 0.6 is 11.8 Å². The highest BCUT2D eigenvalue weighted by molar-refractivity contribution is 8.00. The molecule has 19 heavy (non-hydrogen) atoms. The number of rotatable bonds is 6. The summed E-state index contributed by atoms with van der Waals surface area (Å²) >= 11 is 1.95. The molecule has 0 spiro atoms. The molecule has 0 aliphatic heterocycles. The Kier molecular flexibility index (Phi) is 5.77. The third-order valence-corrected chi connectivity index (χ3v) is 4.24. The van der Waals surface area contributed by atoms with Crippen molar-refractivity contribution in [2.75, 3.05) is 0 Å². The Morgan fingerprint density at radius 3 is 2.21 bits per heavy atom. The van der Waals surface area contributed by atoms with E-state index < -0.39 is 0 Å². The van der Waals surface area contributed by atoms with Gasteiger partial charge in [0.1, 0.15) is 0 Å². The molecule has 1 heteroatoms. The van der Waals surface area contributed by atoms with E-state index in [1.165, 1.54) is 16.9 Å². The van der Waals surface area contributed by atoms with E-state index in [9.17, 15) is 0 Å². The smallest absolute Gasteiger partial charge is 0.0277 e. The maximum absolute atomic E-state index is 2.31. The normalized spacial score (nSPS) is 12.7. The van der Waals surface area contributed by atoms with E-state index in [1.807, 2.05) is 11.8 Å². The van der Waals surface area contributed by atoms with Gasteiger partial charge in [-0.2, -0.15) is 0 Å². The number of hydrogen-bond acceptors (Lipinski definition) is 1. The van der Waals surface area contributed by atoms with Crippen LogP contribution in [0.4, 0.5) is 0 Å². The Bertz CT molecular complexity index is 488. The molecule has 0 saturated heterocycles. The van der Waals surface area contributed by atoms with Crippen molar-refractivity contribution < 1.29 is 0 Å². The third-order valence-electron chi connectivity index (χ3n) is 3.00. The molecule has 1 atom stereocenters. The Labute approximate surface area is 120 Å². The summed E-state index contributed by atoms with van der Waals surface area (Å²) in [6, 6.07) is 21.4. The van der Waals surface area contributed by atoms with Gasteiger partial charge < -0.3 is 0 Å². The highest BCUT2D eigenvalue weighted by atomic mass is 32.2. The molecule has 98 valence electrons. The molecular formula is C18H20S. The minimum atomic E-state index is 0.549. The molecule has 0 aromatic heterocycles. The molecule has 0 saturated carbocycles. The minimum absolute atomic E-state index is 0.549. The van der Waals surface area contributed by atoms with Gasteiger partial charge in [-0.25, -0.2) is 0 Å². The van der Waals surface area contributed by atoms with Crippen LogP contribution in [0.1, 0.15) is 18.9 Å². The standard InChI is InChI=1S/C18H20S/c1-2-9-17(19-18-12-7-4-8-13-18)15-14-16-10-5-3-6-11-16/h2-13,17H,14-15H2,1H3/b9-2-. The van der Waals surface area contributed by atoms with Gasteiger partial charge in [0.05, 0.1) is 0 Å². The second-order valence-corrected chi connectivity index (χ2v) is 5.83. The number of allylic oxidation sites excluding steroid dienone is 1. The lowest BCUT2D eigenvalue weighted by atomic mass is 10.1. The molecule has 0 bridgehead atoms. The summed E-state index contributed by atoms with van der Waals surface area (Å²) in [6.07, 6.45) is 6.77. The van der Waals surface area contributed by atoms with Crippen LogP contribution in [-0.4, -0.2) is 5.25 Å². The molecule has 1 unspecified atom stereocenters. The number of aryl methyl sites for hydroxylation is 1. The SMILES string of the molecule is C/C=C\C(CCc1ccccc1)Sc1ccccc1. The fourth-order valence-corrected chi connectivity index (χ4v) is 3.17. The first-order valence-corrected chi connectivity index (χ1v) is 7.65. The topological polar surface area (TPSA) is 0 Å². The number of thioether (sulfide) groups is 1. The van der Waals surface area contributed by atoms with E-state index in [2.05, 4.69) is 79.7 Å². The van der Waals surface area contributed by atoms with Gasteiger partial charge in [0.25, 0.3) is 0 Å². The highest BCUT2D eigenvalue weighted by Crippen LogP contribution is 2.27. The van der Waals surface area contributed by atoms with Crippen LogP contribution in [0.2, 0.25) is 0 Å². The number of benzene rings is 2. The van der Waals surface area contributed by atoms with E-state index in [0.29, 0.717) is 5.25 Å². The molecule has 0 fully saturated rings. The molecule has 0 amide bonds. The van der Waals surface area contributed by atoms with Gasteiger partial charge in [-0.15, -0.1) is 11.8 Å². The van der Waals surface area contributed by atoms with Crippen molar-refractivity contribution in [1.29, 1.82) is 0 Å². The van der Waals surface area contributed by atoms with Crippen molar-refractivity contribution in [2.45, 2.75) is 29.9 Å². The first kappa shape index (κ1) is 14.0. The van der Waals surface area contributed by atoms with Gasteiger partial charge in [-0.3, -0.25) is 0 Å². The van der Waals surface area contributed by atoms with E-state index in [1.54, 1.807) is 0 Å². The lowest BCUT2D eigenvalue weighted by Crippen LogP contribution is -2.00. The summed E-state index contributed by atoms with van der Waals surface area (Å²) < 4.78 is 0. The zero-order valence-corrected chi connectivity index (χ0v) is 12.1. The lowest BCUT2D eigenvalue weighted by Gasteiger charge is -2.12. The maximum Gasteiger partial charge on any atom is 0.0277 e. The lowest BCUT2D eigenvalue weighted by molar-refractivity contribution is 0.855. The monoisotopic (exact) mass is 268 g/mol. The van der Waals surface area contributed by atoms with Crippen LogP contribution < -0.4 is 0 Å². The molecule has 2 aromatic rings. The zero-order chi connectivity index (χ0) is 13.3. The molecule has 0 heterocycles. The Balaban J connectivity index is 1.93. The van der Waals surface area contributed by atoms with Crippen molar-refractivity contribution >= 4 is 11.8 Å². The van der Waals surface area contributed by atoms with Crippen LogP contribution in [0.5, 0.6) is 0 Å². The Morgan fingerprint density at radius 1 is 0.947 bits per heavy atom. The van der Waals surface area contributed by atoms with Gasteiger partial charge in [0, 0.05) is 10.1 Å². The van der Waals surface area contributed by atoms with Gasteiger partial charge in [0.2, 0.25) is 0 Å². The van der Waals surface area contributed by atoms with Crippen molar-refractivity contribution in [3.05, 3.63) is 78.4 Å². The average molecular weight is 268 g/mol. The average Bonchev–Trinajstić information content (AvgIpc) is 2.47. The second kappa shape index (κ2) is 7.85. The summed E-state index contributed by atoms with van der Waals surface area (Å²) in [4.78, 5) is 1.35. The van der Waals surface area contributed by atoms with Gasteiger partial charge in [-0.05, 0) is 37.5 Å². The van der Waals surface area contributed by atoms with Gasteiger partial charge in [0.15, 0.2) is 0 Å². The largest absolute Gasteiger partial charge is 0.119 e. The minimum Gasteiger partial charge on any atom is -0.119 e. The zero-order valence-electron chi connectivity index (χ0n) is 11.3. The Hall–Kier alpha value is -1.47. The first-order valence-electron chi connectivity index (χ1n) is 6.77. The van der Waals surface area contributed by atoms with Crippen LogP contribution in [0, 0.1) is 0 Å². The number of hydrogen-bond donors (Lipinski definition) is 0. The predicted octanol–water partition coefficient (Wildman–Crippen LogP) is 5.36. The summed E-state index contributed by atoms with van der Waals surface area (Å²) in [5.41, 5.74) is 1.42. The quantitative estimate of drug-likeness (QED) is 0.502. The fraction of sp³-hybridized carbons (Fsp3) is 0.222. The summed E-state index contributed by atoms with van der Waals surface area (Å²) in [5.74, 6) is 0. The van der Waals surface area contributed by atoms with Crippen molar-refractivity contribution in [3.63, 3.8) is 0 Å². The van der Waals surface area contributed by atoms with Crippen LogP contribution in [0.15, 0.2) is 77.7 Å². The van der Waals surface area contributed by atoms with Crippen molar-refractivity contribution in [3.8, 4) is 0 Å². The van der Waals surface area contributed by atoms with Crippen molar-refractivity contribution in [1.82, 2.24) is 0 Å². The van der Waals surface area contributed by atoms with Gasteiger partial charge >= 0.3 is 0 Å². The summed E-state index contributed by atoms with van der Waals surface area (Å²) in [7, 11) is 0. The fourth-order valence-electron chi connectivity index (χ4n) is 2.04. The van der Waals surface area contributed by atoms with E-state index >= 15 is 0 Å². The maximum atomic E-state index is 2.31. The molecule has 0 radical (unpaired) electrons. The molecule has 0 N–H and O–H groups in total. The third kappa shape index (κ3) is 4.96. The van der Waals surface area contributed by atoms with Gasteiger partial charge in [-0.1, -0.05) is 60.7 Å². The molecule has 0 nitrogen and oxygen atoms in total. The molecule has 2 rings (SSSR count). The van der Waals surface area contributed by atoms with Crippen LogP contribution in [0.25, 0.3) is 0 Å². The van der Waals surface area contributed by atoms with Crippen LogP contribution in [-0.2, 0) is 6.42 Å². The van der Waals surface area contributed by atoms with E-state index in [4.69, 9.17) is 0 Å². The summed E-state index contributed by atoms with van der Waals surface area (Å²) in [5, 5.41) is 0.549. The van der Waals surface area contributed by atoms with Crippen LogP contribution in [0.3, 0.4) is 0 Å². The summed E-state index contributed by atoms with van der Waals surface area (Å²) in [6.45, 7) is 2.10. The van der Waals surface area contributed by atoms with E-state index in [0.717, 1.165) is 6.42 Å². The molecule has 0 aliphatic carbocycles. The molecule has 2 aromatic carbocycles. The highest BCUT2D eigenvalue weighted by Gasteiger charge is 2.07. The predicted molar refractivity (Wildman–Crippen MR) is 85.7 cm³/mol. The molecular weight excluding hydrogens is 248 g/mol. The molecule has 0 aliphatic rings. The second-order valence-electron chi connectivity index (χ2n) is 4.52. The van der Waals surface area contributed by atoms with E-state index in [-0.39, 0.29) is 0 Å².